The molecule has 0 bridgehead atoms. The Morgan fingerprint density at radius 3 is 2.44 bits per heavy atom. The van der Waals surface area contributed by atoms with Gasteiger partial charge in [0.25, 0.3) is 0 Å². The van der Waals surface area contributed by atoms with Crippen LogP contribution in [-0.2, 0) is 4.74 Å². The second kappa shape index (κ2) is 6.41. The van der Waals surface area contributed by atoms with Crippen LogP contribution in [0.15, 0.2) is 11.6 Å². The molecule has 0 amide bonds. The maximum absolute atomic E-state index is 5.85. The van der Waals surface area contributed by atoms with Gasteiger partial charge in [0.15, 0.2) is 0 Å². The first-order valence-electron chi connectivity index (χ1n) is 6.58. The quantitative estimate of drug-likeness (QED) is 0.700. The van der Waals surface area contributed by atoms with Gasteiger partial charge in [0.1, 0.15) is 0 Å². The molecular formula is C14H27NO. The highest BCUT2D eigenvalue weighted by atomic mass is 16.5. The highest BCUT2D eigenvalue weighted by Gasteiger charge is 2.40. The normalized spacial score (nSPS) is 20.8. The van der Waals surface area contributed by atoms with E-state index in [0.29, 0.717) is 6.04 Å². The first-order chi connectivity index (χ1) is 7.64. The van der Waals surface area contributed by atoms with Crippen LogP contribution in [0.4, 0.5) is 0 Å². The predicted octanol–water partition coefficient (Wildman–Crippen LogP) is 3.28. The van der Waals surface area contributed by atoms with Gasteiger partial charge in [-0.1, -0.05) is 31.4 Å². The molecule has 1 N–H and O–H groups in total. The Hall–Kier alpha value is -0.340. The summed E-state index contributed by atoms with van der Waals surface area (Å²) in [6, 6.07) is 0.380. The van der Waals surface area contributed by atoms with E-state index >= 15 is 0 Å². The maximum atomic E-state index is 5.85. The van der Waals surface area contributed by atoms with E-state index in [-0.39, 0.29) is 5.60 Å². The lowest BCUT2D eigenvalue weighted by atomic mass is 9.90. The average molecular weight is 225 g/mol. The Morgan fingerprint density at radius 2 is 2.00 bits per heavy atom. The Kier molecular flexibility index (Phi) is 5.50. The molecule has 1 fully saturated rings. The van der Waals surface area contributed by atoms with Crippen molar-refractivity contribution in [1.29, 1.82) is 0 Å². The van der Waals surface area contributed by atoms with E-state index in [1.54, 1.807) is 0 Å². The number of hydrogen-bond acceptors (Lipinski definition) is 2. The molecule has 0 saturated heterocycles. The molecule has 2 nitrogen and oxygen atoms in total. The minimum atomic E-state index is 0.0481. The molecule has 1 aliphatic rings. The Bertz CT molecular complexity index is 225. The van der Waals surface area contributed by atoms with Crippen LogP contribution in [0.2, 0.25) is 0 Å². The fourth-order valence-corrected chi connectivity index (χ4v) is 2.65. The Morgan fingerprint density at radius 1 is 1.38 bits per heavy atom. The number of rotatable bonds is 6. The van der Waals surface area contributed by atoms with E-state index in [1.807, 2.05) is 7.11 Å². The topological polar surface area (TPSA) is 21.3 Å². The maximum Gasteiger partial charge on any atom is 0.0866 e. The number of allylic oxidation sites excluding steroid dienone is 1. The van der Waals surface area contributed by atoms with Crippen molar-refractivity contribution in [2.75, 3.05) is 13.7 Å². The van der Waals surface area contributed by atoms with Crippen LogP contribution in [0.3, 0.4) is 0 Å². The predicted molar refractivity (Wildman–Crippen MR) is 69.7 cm³/mol. The molecule has 0 radical (unpaired) electrons. The molecule has 2 heteroatoms. The van der Waals surface area contributed by atoms with Crippen molar-refractivity contribution in [3.8, 4) is 0 Å². The molecule has 1 rings (SSSR count). The lowest BCUT2D eigenvalue weighted by molar-refractivity contribution is -0.0232. The standard InChI is InChI=1S/C14H27NO/c1-5-10-15-13(11-12(2)3)14(16-4)8-6-7-9-14/h11,13,15H,5-10H2,1-4H3. The second-order valence-electron chi connectivity index (χ2n) is 5.15. The molecule has 0 aromatic carbocycles. The van der Waals surface area contributed by atoms with Gasteiger partial charge in [-0.25, -0.2) is 0 Å². The van der Waals surface area contributed by atoms with Crippen molar-refractivity contribution in [1.82, 2.24) is 5.32 Å². The zero-order chi connectivity index (χ0) is 12.0. The minimum absolute atomic E-state index is 0.0481. The summed E-state index contributed by atoms with van der Waals surface area (Å²) < 4.78 is 5.85. The smallest absolute Gasteiger partial charge is 0.0866 e. The third-order valence-corrected chi connectivity index (χ3v) is 3.54. The SMILES string of the molecule is CCCNC(C=C(C)C)C1(OC)CCCC1. The summed E-state index contributed by atoms with van der Waals surface area (Å²) in [7, 11) is 1.87. The third kappa shape index (κ3) is 3.33. The van der Waals surface area contributed by atoms with Crippen molar-refractivity contribution < 1.29 is 4.74 Å². The zero-order valence-electron chi connectivity index (χ0n) is 11.3. The number of hydrogen-bond donors (Lipinski definition) is 1. The monoisotopic (exact) mass is 225 g/mol. The van der Waals surface area contributed by atoms with Gasteiger partial charge in [0.05, 0.1) is 11.6 Å². The van der Waals surface area contributed by atoms with E-state index in [1.165, 1.54) is 37.7 Å². The summed E-state index contributed by atoms with van der Waals surface area (Å²) in [5, 5.41) is 3.63. The molecule has 1 saturated carbocycles. The fourth-order valence-electron chi connectivity index (χ4n) is 2.65. The van der Waals surface area contributed by atoms with E-state index in [9.17, 15) is 0 Å². The molecule has 1 aliphatic carbocycles. The lowest BCUT2D eigenvalue weighted by Gasteiger charge is -2.35. The molecule has 0 aliphatic heterocycles. The van der Waals surface area contributed by atoms with Crippen LogP contribution >= 0.6 is 0 Å². The first-order valence-corrected chi connectivity index (χ1v) is 6.58. The highest BCUT2D eigenvalue weighted by Crippen LogP contribution is 2.36. The second-order valence-corrected chi connectivity index (χ2v) is 5.15. The van der Waals surface area contributed by atoms with Gasteiger partial charge in [-0.3, -0.25) is 0 Å². The van der Waals surface area contributed by atoms with Gasteiger partial charge in [-0.2, -0.15) is 0 Å². The van der Waals surface area contributed by atoms with Gasteiger partial charge in [0, 0.05) is 7.11 Å². The molecule has 16 heavy (non-hydrogen) atoms. The number of nitrogens with one attached hydrogen (secondary N) is 1. The summed E-state index contributed by atoms with van der Waals surface area (Å²) in [4.78, 5) is 0. The summed E-state index contributed by atoms with van der Waals surface area (Å²) in [5.41, 5.74) is 1.42. The minimum Gasteiger partial charge on any atom is -0.376 e. The largest absolute Gasteiger partial charge is 0.376 e. The van der Waals surface area contributed by atoms with Crippen molar-refractivity contribution in [2.45, 2.75) is 64.5 Å². The molecule has 94 valence electrons. The zero-order valence-corrected chi connectivity index (χ0v) is 11.3. The van der Waals surface area contributed by atoms with Gasteiger partial charge in [-0.15, -0.1) is 0 Å². The van der Waals surface area contributed by atoms with E-state index in [2.05, 4.69) is 32.2 Å². The average Bonchev–Trinajstić information content (AvgIpc) is 2.73. The fraction of sp³-hybridized carbons (Fsp3) is 0.857. The van der Waals surface area contributed by atoms with Crippen LogP contribution in [0.1, 0.15) is 52.9 Å². The van der Waals surface area contributed by atoms with Crippen molar-refractivity contribution in [2.24, 2.45) is 0 Å². The van der Waals surface area contributed by atoms with E-state index < -0.39 is 0 Å². The van der Waals surface area contributed by atoms with E-state index in [4.69, 9.17) is 4.74 Å². The van der Waals surface area contributed by atoms with Crippen molar-refractivity contribution >= 4 is 0 Å². The lowest BCUT2D eigenvalue weighted by Crippen LogP contribution is -2.49. The summed E-state index contributed by atoms with van der Waals surface area (Å²) in [5.74, 6) is 0. The van der Waals surface area contributed by atoms with Gasteiger partial charge in [0.2, 0.25) is 0 Å². The Labute approximate surface area is 100 Å². The Balaban J connectivity index is 2.76. The molecule has 1 atom stereocenters. The summed E-state index contributed by atoms with van der Waals surface area (Å²) >= 11 is 0. The van der Waals surface area contributed by atoms with Gasteiger partial charge < -0.3 is 10.1 Å². The number of ether oxygens (including phenoxy) is 1. The number of methoxy groups -OCH3 is 1. The third-order valence-electron chi connectivity index (χ3n) is 3.54. The molecule has 1 unspecified atom stereocenters. The van der Waals surface area contributed by atoms with Crippen LogP contribution in [0.25, 0.3) is 0 Å². The molecule has 0 aromatic heterocycles. The van der Waals surface area contributed by atoms with Crippen LogP contribution in [0.5, 0.6) is 0 Å². The molecular weight excluding hydrogens is 198 g/mol. The summed E-state index contributed by atoms with van der Waals surface area (Å²) in [6.07, 6.45) is 8.49. The van der Waals surface area contributed by atoms with Gasteiger partial charge >= 0.3 is 0 Å². The van der Waals surface area contributed by atoms with Crippen molar-refractivity contribution in [3.63, 3.8) is 0 Å². The van der Waals surface area contributed by atoms with Crippen LogP contribution in [0, 0.1) is 0 Å². The van der Waals surface area contributed by atoms with Crippen LogP contribution < -0.4 is 5.32 Å². The van der Waals surface area contributed by atoms with E-state index in [0.717, 1.165) is 6.54 Å². The molecule has 0 aromatic rings. The van der Waals surface area contributed by atoms with Crippen LogP contribution in [-0.4, -0.2) is 25.3 Å². The first kappa shape index (κ1) is 13.7. The molecule has 0 heterocycles. The summed E-state index contributed by atoms with van der Waals surface area (Å²) in [6.45, 7) is 7.61. The molecule has 0 spiro atoms. The van der Waals surface area contributed by atoms with Crippen molar-refractivity contribution in [3.05, 3.63) is 11.6 Å². The highest BCUT2D eigenvalue weighted by molar-refractivity contribution is 5.11. The van der Waals surface area contributed by atoms with Gasteiger partial charge in [-0.05, 0) is 39.7 Å².